The highest BCUT2D eigenvalue weighted by atomic mass is 19.4. The van der Waals surface area contributed by atoms with Gasteiger partial charge in [-0.15, -0.1) is 0 Å². The molecular formula is C15H18F3NO4. The van der Waals surface area contributed by atoms with E-state index >= 15 is 0 Å². The molecule has 0 unspecified atom stereocenters. The molecule has 0 aliphatic heterocycles. The van der Waals surface area contributed by atoms with Crippen molar-refractivity contribution in [1.82, 2.24) is 0 Å². The molecule has 0 bridgehead atoms. The summed E-state index contributed by atoms with van der Waals surface area (Å²) in [5, 5.41) is 8.72. The second-order valence-electron chi connectivity index (χ2n) is 4.65. The molecule has 5 nitrogen and oxygen atoms in total. The van der Waals surface area contributed by atoms with E-state index in [4.69, 9.17) is 9.84 Å². The summed E-state index contributed by atoms with van der Waals surface area (Å²) in [5.74, 6) is -2.58. The fourth-order valence-corrected chi connectivity index (χ4v) is 1.87. The van der Waals surface area contributed by atoms with E-state index in [2.05, 4.69) is 0 Å². The van der Waals surface area contributed by atoms with Gasteiger partial charge in [-0.05, 0) is 44.0 Å². The first kappa shape index (κ1) is 19.0. The molecule has 0 atom stereocenters. The van der Waals surface area contributed by atoms with Crippen molar-refractivity contribution < 1.29 is 32.6 Å². The number of nitrogens with zero attached hydrogens (tertiary/aromatic N) is 1. The Balaban J connectivity index is 2.97. The Morgan fingerprint density at radius 2 is 1.78 bits per heavy atom. The molecule has 0 radical (unpaired) electrons. The molecule has 0 aromatic heterocycles. The van der Waals surface area contributed by atoms with E-state index in [1.54, 1.807) is 6.92 Å². The molecule has 1 rings (SSSR count). The topological polar surface area (TPSA) is 66.8 Å². The third-order valence-electron chi connectivity index (χ3n) is 2.97. The first-order valence-electron chi connectivity index (χ1n) is 7.08. The molecule has 1 N–H and O–H groups in total. The van der Waals surface area contributed by atoms with E-state index in [0.717, 1.165) is 0 Å². The van der Waals surface area contributed by atoms with Crippen LogP contribution in [0.3, 0.4) is 0 Å². The predicted molar refractivity (Wildman–Crippen MR) is 77.1 cm³/mol. The number of hydrogen-bond donors (Lipinski definition) is 1. The Hall–Kier alpha value is -2.09. The lowest BCUT2D eigenvalue weighted by molar-refractivity contribution is -0.170. The maximum Gasteiger partial charge on any atom is 0.471 e. The zero-order valence-corrected chi connectivity index (χ0v) is 12.6. The first-order valence-corrected chi connectivity index (χ1v) is 7.08. The van der Waals surface area contributed by atoms with Gasteiger partial charge >= 0.3 is 18.1 Å². The smallest absolute Gasteiger partial charge is 0.462 e. The number of amides is 1. The molecule has 0 saturated carbocycles. The largest absolute Gasteiger partial charge is 0.471 e. The summed E-state index contributed by atoms with van der Waals surface area (Å²) in [7, 11) is 0. The highest BCUT2D eigenvalue weighted by Gasteiger charge is 2.42. The van der Waals surface area contributed by atoms with Gasteiger partial charge in [-0.3, -0.25) is 4.79 Å². The lowest BCUT2D eigenvalue weighted by atomic mass is 10.2. The molecule has 0 spiro atoms. The van der Waals surface area contributed by atoms with Gasteiger partial charge in [0.25, 0.3) is 0 Å². The van der Waals surface area contributed by atoms with Crippen LogP contribution in [0.25, 0.3) is 0 Å². The number of ether oxygens (including phenoxy) is 1. The van der Waals surface area contributed by atoms with Gasteiger partial charge in [-0.25, -0.2) is 4.79 Å². The zero-order chi connectivity index (χ0) is 17.5. The number of benzene rings is 1. The van der Waals surface area contributed by atoms with Crippen LogP contribution in [0.15, 0.2) is 24.3 Å². The van der Waals surface area contributed by atoms with Crippen LogP contribution in [0.2, 0.25) is 0 Å². The summed E-state index contributed by atoms with van der Waals surface area (Å²) in [6, 6.07) is 5.12. The van der Waals surface area contributed by atoms with Crippen LogP contribution < -0.4 is 4.90 Å². The minimum atomic E-state index is -5.00. The summed E-state index contributed by atoms with van der Waals surface area (Å²) < 4.78 is 42.8. The van der Waals surface area contributed by atoms with Crippen LogP contribution >= 0.6 is 0 Å². The number of alkyl halides is 3. The van der Waals surface area contributed by atoms with Crippen molar-refractivity contribution in [2.75, 3.05) is 24.7 Å². The van der Waals surface area contributed by atoms with Gasteiger partial charge in [-0.1, -0.05) is 0 Å². The van der Waals surface area contributed by atoms with E-state index in [1.165, 1.54) is 24.3 Å². The SMILES string of the molecule is CCOC(=O)c1ccc(N(CCCCO)C(=O)C(F)(F)F)cc1. The first-order chi connectivity index (χ1) is 10.8. The fraction of sp³-hybridized carbons (Fsp3) is 0.467. The van der Waals surface area contributed by atoms with Crippen molar-refractivity contribution in [2.24, 2.45) is 0 Å². The Kier molecular flexibility index (Phi) is 7.02. The van der Waals surface area contributed by atoms with E-state index in [-0.39, 0.29) is 43.9 Å². The van der Waals surface area contributed by atoms with Gasteiger partial charge in [0.05, 0.1) is 12.2 Å². The standard InChI is InChI=1S/C15H18F3NO4/c1-2-23-13(21)11-5-7-12(8-6-11)19(9-3-4-10-20)14(22)15(16,17)18/h5-8,20H,2-4,9-10H2,1H3. The lowest BCUT2D eigenvalue weighted by Gasteiger charge is -2.24. The van der Waals surface area contributed by atoms with Crippen LogP contribution in [0.4, 0.5) is 18.9 Å². The predicted octanol–water partition coefficient (Wildman–Crippen LogP) is 2.53. The van der Waals surface area contributed by atoms with Crippen LogP contribution in [-0.4, -0.2) is 42.9 Å². The van der Waals surface area contributed by atoms with Crippen molar-refractivity contribution in [3.8, 4) is 0 Å². The fourth-order valence-electron chi connectivity index (χ4n) is 1.87. The van der Waals surface area contributed by atoms with E-state index in [0.29, 0.717) is 4.90 Å². The van der Waals surface area contributed by atoms with Crippen LogP contribution in [-0.2, 0) is 9.53 Å². The molecule has 0 heterocycles. The second-order valence-corrected chi connectivity index (χ2v) is 4.65. The molecule has 1 aromatic rings. The normalized spacial score (nSPS) is 11.2. The molecule has 1 amide bonds. The number of aliphatic hydroxyl groups is 1. The van der Waals surface area contributed by atoms with Crippen LogP contribution in [0.1, 0.15) is 30.1 Å². The number of esters is 1. The van der Waals surface area contributed by atoms with E-state index in [9.17, 15) is 22.8 Å². The molecule has 0 fully saturated rings. The maximum absolute atomic E-state index is 12.7. The highest BCUT2D eigenvalue weighted by Crippen LogP contribution is 2.24. The minimum Gasteiger partial charge on any atom is -0.462 e. The lowest BCUT2D eigenvalue weighted by Crippen LogP contribution is -2.42. The van der Waals surface area contributed by atoms with E-state index < -0.39 is 18.1 Å². The number of halogens is 3. The number of anilines is 1. The van der Waals surface area contributed by atoms with Gasteiger partial charge in [-0.2, -0.15) is 13.2 Å². The molecule has 0 aliphatic carbocycles. The number of unbranched alkanes of at least 4 members (excludes halogenated alkanes) is 1. The molecule has 1 aromatic carbocycles. The molecule has 0 aliphatic rings. The second kappa shape index (κ2) is 8.52. The summed E-state index contributed by atoms with van der Waals surface area (Å²) in [6.07, 6.45) is -4.50. The third-order valence-corrected chi connectivity index (χ3v) is 2.97. The Morgan fingerprint density at radius 1 is 1.17 bits per heavy atom. The highest BCUT2D eigenvalue weighted by molar-refractivity contribution is 5.98. The van der Waals surface area contributed by atoms with Crippen LogP contribution in [0.5, 0.6) is 0 Å². The number of carbonyl (C=O) groups is 2. The van der Waals surface area contributed by atoms with Crippen LogP contribution in [0, 0.1) is 0 Å². The Bertz CT molecular complexity index is 529. The summed E-state index contributed by atoms with van der Waals surface area (Å²) in [4.78, 5) is 23.6. The minimum absolute atomic E-state index is 0.0262. The molecule has 8 heteroatoms. The van der Waals surface area contributed by atoms with Gasteiger partial charge in [0.1, 0.15) is 0 Å². The number of rotatable bonds is 7. The number of carbonyl (C=O) groups excluding carboxylic acids is 2. The zero-order valence-electron chi connectivity index (χ0n) is 12.6. The molecule has 128 valence electrons. The van der Waals surface area contributed by atoms with Crippen molar-refractivity contribution >= 4 is 17.6 Å². The number of aliphatic hydroxyl groups excluding tert-OH is 1. The molecule has 23 heavy (non-hydrogen) atoms. The Labute approximate surface area is 131 Å². The van der Waals surface area contributed by atoms with Gasteiger partial charge in [0.2, 0.25) is 0 Å². The van der Waals surface area contributed by atoms with Gasteiger partial charge in [0, 0.05) is 18.8 Å². The quantitative estimate of drug-likeness (QED) is 0.615. The average Bonchev–Trinajstić information content (AvgIpc) is 2.51. The van der Waals surface area contributed by atoms with Crippen molar-refractivity contribution in [2.45, 2.75) is 25.9 Å². The molecule has 0 saturated heterocycles. The van der Waals surface area contributed by atoms with Crippen molar-refractivity contribution in [1.29, 1.82) is 0 Å². The van der Waals surface area contributed by atoms with Gasteiger partial charge in [0.15, 0.2) is 0 Å². The maximum atomic E-state index is 12.7. The monoisotopic (exact) mass is 333 g/mol. The van der Waals surface area contributed by atoms with Crippen molar-refractivity contribution in [3.05, 3.63) is 29.8 Å². The van der Waals surface area contributed by atoms with E-state index in [1.807, 2.05) is 0 Å². The van der Waals surface area contributed by atoms with Gasteiger partial charge < -0.3 is 14.7 Å². The summed E-state index contributed by atoms with van der Waals surface area (Å²) >= 11 is 0. The average molecular weight is 333 g/mol. The molecular weight excluding hydrogens is 315 g/mol. The number of hydrogen-bond acceptors (Lipinski definition) is 4. The van der Waals surface area contributed by atoms with Crippen molar-refractivity contribution in [3.63, 3.8) is 0 Å². The summed E-state index contributed by atoms with van der Waals surface area (Å²) in [6.45, 7) is 1.46. The third kappa shape index (κ3) is 5.55. The Morgan fingerprint density at radius 3 is 2.26 bits per heavy atom. The summed E-state index contributed by atoms with van der Waals surface area (Å²) in [5.41, 5.74) is 0.212.